The predicted octanol–water partition coefficient (Wildman–Crippen LogP) is 3.48. The number of aromatic nitrogens is 2. The topological polar surface area (TPSA) is 52.6 Å². The summed E-state index contributed by atoms with van der Waals surface area (Å²) in [6.45, 7) is 7.43. The van der Waals surface area contributed by atoms with Gasteiger partial charge in [-0.05, 0) is 48.9 Å². The van der Waals surface area contributed by atoms with E-state index in [1.54, 1.807) is 4.90 Å². The molecule has 6 heteroatoms. The number of nitrogens with zero attached hydrogens (tertiary/aromatic N) is 5. The van der Waals surface area contributed by atoms with Crippen molar-refractivity contribution in [2.75, 3.05) is 39.8 Å². The van der Waals surface area contributed by atoms with Crippen molar-refractivity contribution >= 4 is 5.91 Å². The van der Waals surface area contributed by atoms with E-state index in [0.29, 0.717) is 6.54 Å². The maximum Gasteiger partial charge on any atom is 0.253 e. The molecule has 0 N–H and O–H groups in total. The number of rotatable bonds is 7. The second kappa shape index (κ2) is 10.5. The lowest BCUT2D eigenvalue weighted by Crippen LogP contribution is -2.47. The summed E-state index contributed by atoms with van der Waals surface area (Å²) < 4.78 is 0. The van der Waals surface area contributed by atoms with Crippen LogP contribution in [-0.2, 0) is 6.54 Å². The maximum atomic E-state index is 12.5. The largest absolute Gasteiger partial charge is 0.342 e. The maximum absolute atomic E-state index is 12.5. The first-order valence-electron chi connectivity index (χ1n) is 11.3. The van der Waals surface area contributed by atoms with Gasteiger partial charge in [-0.2, -0.15) is 0 Å². The predicted molar refractivity (Wildman–Crippen MR) is 126 cm³/mol. The molecule has 0 saturated carbocycles. The van der Waals surface area contributed by atoms with Gasteiger partial charge in [-0.15, -0.1) is 0 Å². The molecule has 1 fully saturated rings. The summed E-state index contributed by atoms with van der Waals surface area (Å²) in [6, 6.07) is 20.3. The number of piperazine rings is 1. The summed E-state index contributed by atoms with van der Waals surface area (Å²) in [5.41, 5.74) is 4.03. The van der Waals surface area contributed by atoms with Crippen LogP contribution in [0.3, 0.4) is 0 Å². The van der Waals surface area contributed by atoms with E-state index in [9.17, 15) is 4.79 Å². The van der Waals surface area contributed by atoms with Gasteiger partial charge in [0.05, 0.1) is 17.4 Å². The molecule has 0 radical (unpaired) electrons. The zero-order valence-corrected chi connectivity index (χ0v) is 18.9. The first-order chi connectivity index (χ1) is 15.7. The number of amides is 1. The van der Waals surface area contributed by atoms with E-state index in [1.807, 2.05) is 62.8 Å². The lowest BCUT2D eigenvalue weighted by Gasteiger charge is -2.39. The van der Waals surface area contributed by atoms with Gasteiger partial charge in [0.2, 0.25) is 0 Å². The number of benzene rings is 1. The Labute approximate surface area is 190 Å². The van der Waals surface area contributed by atoms with Crippen LogP contribution in [-0.4, -0.2) is 70.3 Å². The monoisotopic (exact) mass is 429 g/mol. The molecule has 0 unspecified atom stereocenters. The van der Waals surface area contributed by atoms with Crippen LogP contribution in [0.1, 0.15) is 40.3 Å². The average Bonchev–Trinajstić information content (AvgIpc) is 2.86. The summed E-state index contributed by atoms with van der Waals surface area (Å²) >= 11 is 0. The van der Waals surface area contributed by atoms with Gasteiger partial charge < -0.3 is 4.90 Å². The molecular weight excluding hydrogens is 398 g/mol. The van der Waals surface area contributed by atoms with Gasteiger partial charge in [-0.25, -0.2) is 0 Å². The van der Waals surface area contributed by atoms with E-state index < -0.39 is 0 Å². The van der Waals surface area contributed by atoms with E-state index in [2.05, 4.69) is 44.0 Å². The third kappa shape index (κ3) is 5.21. The van der Waals surface area contributed by atoms with Crippen LogP contribution < -0.4 is 0 Å². The average molecular weight is 430 g/mol. The summed E-state index contributed by atoms with van der Waals surface area (Å²) in [5.74, 6) is 0.0524. The Hall–Kier alpha value is -3.09. The molecule has 4 rings (SSSR count). The highest BCUT2D eigenvalue weighted by atomic mass is 16.2. The van der Waals surface area contributed by atoms with E-state index in [-0.39, 0.29) is 11.9 Å². The highest BCUT2D eigenvalue weighted by Crippen LogP contribution is 2.29. The molecule has 3 heterocycles. The Morgan fingerprint density at radius 1 is 0.938 bits per heavy atom. The summed E-state index contributed by atoms with van der Waals surface area (Å²) in [5, 5.41) is 0. The Morgan fingerprint density at radius 2 is 1.62 bits per heavy atom. The minimum Gasteiger partial charge on any atom is -0.342 e. The molecule has 1 aromatic carbocycles. The molecular formula is C26H31N5O. The molecule has 0 bridgehead atoms. The van der Waals surface area contributed by atoms with E-state index in [4.69, 9.17) is 0 Å². The second-order valence-corrected chi connectivity index (χ2v) is 8.23. The zero-order chi connectivity index (χ0) is 22.3. The minimum absolute atomic E-state index is 0.0524. The fraction of sp³-hybridized carbons (Fsp3) is 0.346. The van der Waals surface area contributed by atoms with Gasteiger partial charge in [-0.3, -0.25) is 24.6 Å². The van der Waals surface area contributed by atoms with Gasteiger partial charge >= 0.3 is 0 Å². The molecule has 3 aromatic rings. The number of hydrogen-bond donors (Lipinski definition) is 0. The van der Waals surface area contributed by atoms with Crippen molar-refractivity contribution < 1.29 is 4.79 Å². The first kappa shape index (κ1) is 22.1. The molecule has 0 aliphatic carbocycles. The summed E-state index contributed by atoms with van der Waals surface area (Å²) in [7, 11) is 1.83. The summed E-state index contributed by atoms with van der Waals surface area (Å²) in [4.78, 5) is 28.3. The van der Waals surface area contributed by atoms with Gasteiger partial charge in [0.15, 0.2) is 0 Å². The van der Waals surface area contributed by atoms with Crippen LogP contribution in [0.2, 0.25) is 0 Å². The van der Waals surface area contributed by atoms with Crippen molar-refractivity contribution in [1.29, 1.82) is 0 Å². The van der Waals surface area contributed by atoms with Crippen LogP contribution in [0.25, 0.3) is 0 Å². The van der Waals surface area contributed by atoms with Crippen LogP contribution in [0.4, 0.5) is 0 Å². The normalized spacial score (nSPS) is 15.9. The van der Waals surface area contributed by atoms with Crippen LogP contribution in [0, 0.1) is 0 Å². The number of pyridine rings is 2. The third-order valence-electron chi connectivity index (χ3n) is 6.15. The molecule has 1 aliphatic rings. The fourth-order valence-electron chi connectivity index (χ4n) is 4.18. The molecule has 2 aromatic heterocycles. The van der Waals surface area contributed by atoms with Crippen molar-refractivity contribution in [1.82, 2.24) is 24.7 Å². The number of carbonyl (C=O) groups excluding carboxylic acids is 1. The fourth-order valence-corrected chi connectivity index (χ4v) is 4.18. The van der Waals surface area contributed by atoms with Crippen molar-refractivity contribution in [3.63, 3.8) is 0 Å². The quantitative estimate of drug-likeness (QED) is 0.576. The van der Waals surface area contributed by atoms with E-state index in [1.165, 1.54) is 0 Å². The van der Waals surface area contributed by atoms with Crippen LogP contribution >= 0.6 is 0 Å². The molecule has 0 spiro atoms. The smallest absolute Gasteiger partial charge is 0.253 e. The minimum atomic E-state index is 0.0524. The van der Waals surface area contributed by atoms with Gasteiger partial charge in [0.1, 0.15) is 0 Å². The second-order valence-electron chi connectivity index (χ2n) is 8.23. The summed E-state index contributed by atoms with van der Waals surface area (Å²) in [6.07, 6.45) is 3.71. The van der Waals surface area contributed by atoms with Crippen LogP contribution in [0.15, 0.2) is 73.1 Å². The Morgan fingerprint density at radius 3 is 2.22 bits per heavy atom. The molecule has 1 aliphatic heterocycles. The lowest BCUT2D eigenvalue weighted by atomic mass is 9.98. The molecule has 6 nitrogen and oxygen atoms in total. The number of carbonyl (C=O) groups is 1. The van der Waals surface area contributed by atoms with Gasteiger partial charge in [0.25, 0.3) is 5.91 Å². The number of hydrogen-bond acceptors (Lipinski definition) is 5. The van der Waals surface area contributed by atoms with Crippen molar-refractivity contribution in [3.05, 3.63) is 95.6 Å². The molecule has 1 saturated heterocycles. The standard InChI is InChI=1S/C26H31N5O/c1-3-29(2)26(32)22-12-10-21(11-13-22)25(24-9-5-7-15-28-24)31-18-16-30(17-19-31)20-23-8-4-6-14-27-23/h4-15,25H,3,16-20H2,1-2H3/t25-/m1/s1. The van der Waals surface area contributed by atoms with Crippen molar-refractivity contribution in [3.8, 4) is 0 Å². The van der Waals surface area contributed by atoms with Gasteiger partial charge in [0, 0.05) is 64.3 Å². The highest BCUT2D eigenvalue weighted by Gasteiger charge is 2.27. The third-order valence-corrected chi connectivity index (χ3v) is 6.15. The Kier molecular flexibility index (Phi) is 7.24. The Bertz CT molecular complexity index is 986. The lowest BCUT2D eigenvalue weighted by molar-refractivity contribution is 0.0802. The zero-order valence-electron chi connectivity index (χ0n) is 18.9. The van der Waals surface area contributed by atoms with E-state index >= 15 is 0 Å². The Balaban J connectivity index is 1.50. The van der Waals surface area contributed by atoms with E-state index in [0.717, 1.165) is 55.2 Å². The van der Waals surface area contributed by atoms with Crippen molar-refractivity contribution in [2.45, 2.75) is 19.5 Å². The highest BCUT2D eigenvalue weighted by molar-refractivity contribution is 5.94. The van der Waals surface area contributed by atoms with Gasteiger partial charge in [-0.1, -0.05) is 24.3 Å². The molecule has 1 amide bonds. The molecule has 166 valence electrons. The first-order valence-corrected chi connectivity index (χ1v) is 11.3. The van der Waals surface area contributed by atoms with Crippen molar-refractivity contribution in [2.24, 2.45) is 0 Å². The SMILES string of the molecule is CCN(C)C(=O)c1ccc([C@H](c2ccccn2)N2CCN(Cc3ccccn3)CC2)cc1. The van der Waals surface area contributed by atoms with Crippen LogP contribution in [0.5, 0.6) is 0 Å². The molecule has 32 heavy (non-hydrogen) atoms. The molecule has 1 atom stereocenters.